The van der Waals surface area contributed by atoms with Gasteiger partial charge in [-0.2, -0.15) is 0 Å². The Hall–Kier alpha value is -4.78. The predicted molar refractivity (Wildman–Crippen MR) is 135 cm³/mol. The van der Waals surface area contributed by atoms with Gasteiger partial charge in [-0.25, -0.2) is 15.0 Å². The Bertz CT molecular complexity index is 1500. The van der Waals surface area contributed by atoms with Crippen molar-refractivity contribution in [2.75, 3.05) is 11.1 Å². The van der Waals surface area contributed by atoms with E-state index in [1.807, 2.05) is 54.6 Å². The second-order valence-corrected chi connectivity index (χ2v) is 7.82. The van der Waals surface area contributed by atoms with Crippen LogP contribution in [0.5, 0.6) is 5.75 Å². The SMILES string of the molecule is N=C(c1cccc(O)c1)c1c(N)ncnc1NCc1cc2ccccc2nc1-c1ccccc1. The van der Waals surface area contributed by atoms with Crippen molar-refractivity contribution in [3.8, 4) is 17.0 Å². The quantitative estimate of drug-likeness (QED) is 0.272. The molecule has 0 aliphatic rings. The van der Waals surface area contributed by atoms with Crippen LogP contribution >= 0.6 is 0 Å². The fraction of sp³-hybridized carbons (Fsp3) is 0.0370. The fourth-order valence-corrected chi connectivity index (χ4v) is 3.90. The Kier molecular flexibility index (Phi) is 5.58. The molecule has 0 aliphatic heterocycles. The van der Waals surface area contributed by atoms with Crippen molar-refractivity contribution in [3.05, 3.63) is 108 Å². The van der Waals surface area contributed by atoms with E-state index in [2.05, 4.69) is 21.4 Å². The molecule has 0 fully saturated rings. The molecule has 5 aromatic rings. The molecule has 0 aliphatic carbocycles. The molecule has 0 radical (unpaired) electrons. The number of anilines is 2. The van der Waals surface area contributed by atoms with Gasteiger partial charge in [0.15, 0.2) is 0 Å². The second kappa shape index (κ2) is 8.99. The molecule has 5 N–H and O–H groups in total. The van der Waals surface area contributed by atoms with E-state index in [0.29, 0.717) is 23.5 Å². The van der Waals surface area contributed by atoms with Gasteiger partial charge in [0.1, 0.15) is 23.7 Å². The lowest BCUT2D eigenvalue weighted by molar-refractivity contribution is 0.475. The van der Waals surface area contributed by atoms with E-state index in [4.69, 9.17) is 16.1 Å². The molecule has 7 nitrogen and oxygen atoms in total. The minimum atomic E-state index is 0.0712. The maximum atomic E-state index is 9.84. The van der Waals surface area contributed by atoms with Gasteiger partial charge in [0, 0.05) is 23.1 Å². The largest absolute Gasteiger partial charge is 0.508 e. The number of aromatic nitrogens is 3. The Morgan fingerprint density at radius 3 is 2.53 bits per heavy atom. The van der Waals surface area contributed by atoms with Gasteiger partial charge < -0.3 is 16.2 Å². The van der Waals surface area contributed by atoms with E-state index in [0.717, 1.165) is 27.7 Å². The van der Waals surface area contributed by atoms with Gasteiger partial charge in [-0.3, -0.25) is 5.41 Å². The van der Waals surface area contributed by atoms with Crippen LogP contribution in [-0.2, 0) is 6.54 Å². The molecule has 34 heavy (non-hydrogen) atoms. The summed E-state index contributed by atoms with van der Waals surface area (Å²) in [5, 5.41) is 22.9. The lowest BCUT2D eigenvalue weighted by Crippen LogP contribution is -2.14. The molecule has 0 spiro atoms. The Morgan fingerprint density at radius 1 is 0.912 bits per heavy atom. The number of nitrogens with one attached hydrogen (secondary N) is 2. The van der Waals surface area contributed by atoms with E-state index in [9.17, 15) is 5.11 Å². The molecule has 0 atom stereocenters. The third kappa shape index (κ3) is 4.14. The van der Waals surface area contributed by atoms with Gasteiger partial charge in [0.05, 0.1) is 22.5 Å². The third-order valence-corrected chi connectivity index (χ3v) is 5.56. The van der Waals surface area contributed by atoms with Gasteiger partial charge in [-0.15, -0.1) is 0 Å². The number of pyridine rings is 1. The molecular formula is C27H22N6O. The molecule has 2 aromatic heterocycles. The average Bonchev–Trinajstić information content (AvgIpc) is 2.87. The van der Waals surface area contributed by atoms with E-state index in [1.165, 1.54) is 12.4 Å². The van der Waals surface area contributed by atoms with Crippen LogP contribution < -0.4 is 11.1 Å². The van der Waals surface area contributed by atoms with Crippen LogP contribution in [0.25, 0.3) is 22.2 Å². The minimum Gasteiger partial charge on any atom is -0.508 e. The van der Waals surface area contributed by atoms with Crippen molar-refractivity contribution < 1.29 is 5.11 Å². The third-order valence-electron chi connectivity index (χ3n) is 5.56. The van der Waals surface area contributed by atoms with Gasteiger partial charge in [-0.05, 0) is 29.8 Å². The van der Waals surface area contributed by atoms with Crippen molar-refractivity contribution in [1.82, 2.24) is 15.0 Å². The summed E-state index contributed by atoms with van der Waals surface area (Å²) in [5.74, 6) is 0.695. The molecule has 0 bridgehead atoms. The fourth-order valence-electron chi connectivity index (χ4n) is 3.90. The van der Waals surface area contributed by atoms with E-state index >= 15 is 0 Å². The van der Waals surface area contributed by atoms with Gasteiger partial charge in [0.25, 0.3) is 0 Å². The van der Waals surface area contributed by atoms with Crippen LogP contribution in [0.3, 0.4) is 0 Å². The summed E-state index contributed by atoms with van der Waals surface area (Å²) in [4.78, 5) is 13.4. The van der Waals surface area contributed by atoms with Crippen molar-refractivity contribution in [1.29, 1.82) is 5.41 Å². The van der Waals surface area contributed by atoms with Crippen molar-refractivity contribution >= 4 is 28.3 Å². The first kappa shape index (κ1) is 21.1. The number of nitrogens with zero attached hydrogens (tertiary/aromatic N) is 3. The van der Waals surface area contributed by atoms with Gasteiger partial charge in [0.2, 0.25) is 0 Å². The van der Waals surface area contributed by atoms with Crippen LogP contribution in [0.4, 0.5) is 11.6 Å². The number of phenols is 1. The Morgan fingerprint density at radius 2 is 1.71 bits per heavy atom. The molecule has 7 heteroatoms. The smallest absolute Gasteiger partial charge is 0.141 e. The van der Waals surface area contributed by atoms with E-state index < -0.39 is 0 Å². The molecule has 2 heterocycles. The zero-order valence-electron chi connectivity index (χ0n) is 18.2. The molecule has 3 aromatic carbocycles. The van der Waals surface area contributed by atoms with Gasteiger partial charge in [-0.1, -0.05) is 60.7 Å². The maximum absolute atomic E-state index is 9.84. The summed E-state index contributed by atoms with van der Waals surface area (Å²) in [6, 6.07) is 26.6. The van der Waals surface area contributed by atoms with Crippen LogP contribution in [0.1, 0.15) is 16.7 Å². The van der Waals surface area contributed by atoms with Crippen LogP contribution in [-0.4, -0.2) is 25.8 Å². The number of para-hydroxylation sites is 1. The number of rotatable bonds is 6. The molecule has 0 saturated carbocycles. The van der Waals surface area contributed by atoms with Gasteiger partial charge >= 0.3 is 0 Å². The number of nitrogen functional groups attached to an aromatic ring is 1. The summed E-state index contributed by atoms with van der Waals surface area (Å²) in [6.07, 6.45) is 1.37. The first-order valence-electron chi connectivity index (χ1n) is 10.8. The van der Waals surface area contributed by atoms with Crippen molar-refractivity contribution in [2.45, 2.75) is 6.54 Å². The number of nitrogens with two attached hydrogens (primary N) is 1. The van der Waals surface area contributed by atoms with E-state index in [1.54, 1.807) is 18.2 Å². The zero-order chi connectivity index (χ0) is 23.5. The van der Waals surface area contributed by atoms with E-state index in [-0.39, 0.29) is 17.3 Å². The molecule has 0 saturated heterocycles. The number of fused-ring (bicyclic) bond motifs is 1. The Balaban J connectivity index is 1.53. The van der Waals surface area contributed by atoms with Crippen LogP contribution in [0.15, 0.2) is 91.3 Å². The minimum absolute atomic E-state index is 0.0712. The number of aromatic hydroxyl groups is 1. The van der Waals surface area contributed by atoms with Crippen LogP contribution in [0, 0.1) is 5.41 Å². The molecular weight excluding hydrogens is 424 g/mol. The molecule has 0 unspecified atom stereocenters. The topological polar surface area (TPSA) is 121 Å². The number of hydrogen-bond acceptors (Lipinski definition) is 7. The van der Waals surface area contributed by atoms with Crippen LogP contribution in [0.2, 0.25) is 0 Å². The monoisotopic (exact) mass is 446 g/mol. The average molecular weight is 447 g/mol. The highest BCUT2D eigenvalue weighted by Gasteiger charge is 2.17. The first-order valence-corrected chi connectivity index (χ1v) is 10.8. The maximum Gasteiger partial charge on any atom is 0.141 e. The lowest BCUT2D eigenvalue weighted by Gasteiger charge is -2.16. The Labute approximate surface area is 196 Å². The predicted octanol–water partition coefficient (Wildman–Crippen LogP) is 5.01. The second-order valence-electron chi connectivity index (χ2n) is 7.82. The highest BCUT2D eigenvalue weighted by atomic mass is 16.3. The summed E-state index contributed by atoms with van der Waals surface area (Å²) < 4.78 is 0. The standard InChI is InChI=1S/C27H22N6O/c28-24(19-10-6-11-21(34)14-19)23-26(29)31-16-32-27(23)30-15-20-13-18-9-4-5-12-22(18)33-25(20)17-7-2-1-3-8-17/h1-14,16,28,34H,15H2,(H3,29,30,31,32). The van der Waals surface area contributed by atoms with Crippen molar-refractivity contribution in [3.63, 3.8) is 0 Å². The summed E-state index contributed by atoms with van der Waals surface area (Å²) in [5.41, 5.74) is 11.0. The number of hydrogen-bond donors (Lipinski definition) is 4. The first-order chi connectivity index (χ1) is 16.6. The molecule has 5 rings (SSSR count). The molecule has 166 valence electrons. The summed E-state index contributed by atoms with van der Waals surface area (Å²) in [7, 11) is 0. The van der Waals surface area contributed by atoms with Crippen molar-refractivity contribution in [2.24, 2.45) is 0 Å². The number of phenolic OH excluding ortho intramolecular Hbond substituents is 1. The number of benzene rings is 3. The zero-order valence-corrected chi connectivity index (χ0v) is 18.2. The highest BCUT2D eigenvalue weighted by molar-refractivity contribution is 6.16. The normalized spacial score (nSPS) is 10.8. The lowest BCUT2D eigenvalue weighted by atomic mass is 10.0. The molecule has 0 amide bonds. The summed E-state index contributed by atoms with van der Waals surface area (Å²) in [6.45, 7) is 0.416. The highest BCUT2D eigenvalue weighted by Crippen LogP contribution is 2.28. The summed E-state index contributed by atoms with van der Waals surface area (Å²) >= 11 is 0.